The Balaban J connectivity index is 0.00000171. The third-order valence-electron chi connectivity index (χ3n) is 5.34. The summed E-state index contributed by atoms with van der Waals surface area (Å²) in [6.45, 7) is 3.18. The van der Waals surface area contributed by atoms with Gasteiger partial charge in [0.15, 0.2) is 5.69 Å². The zero-order valence-corrected chi connectivity index (χ0v) is 18.9. The topological polar surface area (TPSA) is 89.7 Å². The second-order valence-electron chi connectivity index (χ2n) is 7.37. The number of nitrogens with one attached hydrogen (secondary N) is 2. The van der Waals surface area contributed by atoms with Crippen LogP contribution in [0.1, 0.15) is 47.2 Å². The number of carbonyl (C=O) groups is 1. The maximum Gasteiger partial charge on any atom is 0.273 e. The number of hydrogen-bond donors (Lipinski definition) is 2. The first kappa shape index (κ1) is 24.8. The second-order valence-corrected chi connectivity index (χ2v) is 7.37. The summed E-state index contributed by atoms with van der Waals surface area (Å²) in [6, 6.07) is 10.8. The Kier molecular flexibility index (Phi) is 9.97. The molecule has 0 bridgehead atoms. The molecule has 1 aliphatic rings. The highest BCUT2D eigenvalue weighted by molar-refractivity contribution is 5.91. The van der Waals surface area contributed by atoms with Crippen LogP contribution in [0.25, 0.3) is 0 Å². The fraction of sp³-hybridized carbons (Fsp3) is 0.429. The van der Waals surface area contributed by atoms with Crippen molar-refractivity contribution in [1.82, 2.24) is 35.2 Å². The minimum Gasteiger partial charge on any atom is -0.343 e. The highest BCUT2D eigenvalue weighted by Gasteiger charge is 2.19. The first-order chi connectivity index (χ1) is 14.3. The first-order valence-corrected chi connectivity index (χ1v) is 10.2. The van der Waals surface area contributed by atoms with Crippen molar-refractivity contribution in [3.63, 3.8) is 0 Å². The molecule has 2 N–H and O–H groups in total. The van der Waals surface area contributed by atoms with E-state index in [4.69, 9.17) is 0 Å². The number of benzene rings is 1. The van der Waals surface area contributed by atoms with E-state index in [9.17, 15) is 4.79 Å². The Hall–Kier alpha value is -2.42. The average Bonchev–Trinajstić information content (AvgIpc) is 3.43. The van der Waals surface area contributed by atoms with Crippen molar-refractivity contribution < 1.29 is 4.79 Å². The van der Waals surface area contributed by atoms with E-state index in [1.165, 1.54) is 5.56 Å². The second kappa shape index (κ2) is 12.4. The average molecular weight is 466 g/mol. The van der Waals surface area contributed by atoms with Crippen molar-refractivity contribution in [2.24, 2.45) is 0 Å². The minimum absolute atomic E-state index is 0. The summed E-state index contributed by atoms with van der Waals surface area (Å²) in [6.07, 6.45) is 9.53. The molecule has 0 unspecified atom stereocenters. The van der Waals surface area contributed by atoms with Crippen molar-refractivity contribution in [2.45, 2.75) is 44.8 Å². The molecule has 2 aromatic heterocycles. The number of piperidine rings is 1. The zero-order valence-electron chi connectivity index (χ0n) is 17.3. The van der Waals surface area contributed by atoms with Gasteiger partial charge in [0.05, 0.1) is 18.8 Å². The molecule has 168 valence electrons. The van der Waals surface area contributed by atoms with E-state index < -0.39 is 0 Å². The largest absolute Gasteiger partial charge is 0.343 e. The lowest BCUT2D eigenvalue weighted by molar-refractivity contribution is 0.0944. The van der Waals surface area contributed by atoms with Crippen LogP contribution in [0.2, 0.25) is 0 Å². The number of amides is 1. The van der Waals surface area contributed by atoms with Crippen LogP contribution in [0, 0.1) is 0 Å². The Labute approximate surface area is 194 Å². The third-order valence-corrected chi connectivity index (χ3v) is 5.34. The van der Waals surface area contributed by atoms with Crippen LogP contribution < -0.4 is 10.6 Å². The summed E-state index contributed by atoms with van der Waals surface area (Å²) in [4.78, 5) is 16.9. The van der Waals surface area contributed by atoms with Gasteiger partial charge in [-0.15, -0.1) is 29.9 Å². The maximum absolute atomic E-state index is 12.5. The molecular formula is C21H29Cl2N7O. The molecule has 1 saturated heterocycles. The molecule has 0 spiro atoms. The number of nitrogens with zero attached hydrogens (tertiary/aromatic N) is 5. The number of aryl methyl sites for hydroxylation is 2. The molecule has 1 fully saturated rings. The van der Waals surface area contributed by atoms with Gasteiger partial charge in [-0.3, -0.25) is 4.79 Å². The van der Waals surface area contributed by atoms with E-state index >= 15 is 0 Å². The molecule has 0 saturated carbocycles. The van der Waals surface area contributed by atoms with Crippen LogP contribution >= 0.6 is 24.8 Å². The van der Waals surface area contributed by atoms with Gasteiger partial charge in [0.1, 0.15) is 5.82 Å². The van der Waals surface area contributed by atoms with Crippen LogP contribution in [-0.2, 0) is 19.5 Å². The van der Waals surface area contributed by atoms with Crippen LogP contribution in [-0.4, -0.2) is 43.5 Å². The quantitative estimate of drug-likeness (QED) is 0.533. The van der Waals surface area contributed by atoms with Crippen LogP contribution in [0.15, 0.2) is 48.9 Å². The standard InChI is InChI=1S/C21H27N7O.2ClH/c29-21(19-16-28(26-25-19)18-8-10-22-11-9-18)24-15-20-23-12-14-27(20)13-4-7-17-5-2-1-3-6-17;;/h1-3,5-6,12,14,16,18,22H,4,7-11,13,15H2,(H,24,29);2*1H. The number of carbonyl (C=O) groups excluding carboxylic acids is 1. The molecule has 0 atom stereocenters. The van der Waals surface area contributed by atoms with Crippen molar-refractivity contribution in [1.29, 1.82) is 0 Å². The molecule has 8 nitrogen and oxygen atoms in total. The molecule has 4 rings (SSSR count). The molecular weight excluding hydrogens is 437 g/mol. The Morgan fingerprint density at radius 1 is 1.16 bits per heavy atom. The van der Waals surface area contributed by atoms with E-state index in [2.05, 4.69) is 54.8 Å². The third kappa shape index (κ3) is 6.78. The number of hydrogen-bond acceptors (Lipinski definition) is 5. The van der Waals surface area contributed by atoms with Crippen molar-refractivity contribution in [2.75, 3.05) is 13.1 Å². The van der Waals surface area contributed by atoms with Gasteiger partial charge >= 0.3 is 0 Å². The molecule has 31 heavy (non-hydrogen) atoms. The van der Waals surface area contributed by atoms with Gasteiger partial charge in [-0.1, -0.05) is 35.5 Å². The summed E-state index contributed by atoms with van der Waals surface area (Å²) in [5.74, 6) is 0.626. The summed E-state index contributed by atoms with van der Waals surface area (Å²) >= 11 is 0. The van der Waals surface area contributed by atoms with E-state index in [1.807, 2.05) is 16.9 Å². The zero-order chi connectivity index (χ0) is 19.9. The predicted molar refractivity (Wildman–Crippen MR) is 124 cm³/mol. The maximum atomic E-state index is 12.5. The first-order valence-electron chi connectivity index (χ1n) is 10.2. The lowest BCUT2D eigenvalue weighted by atomic mass is 10.1. The number of halogens is 2. The molecule has 10 heteroatoms. The Morgan fingerprint density at radius 3 is 2.71 bits per heavy atom. The van der Waals surface area contributed by atoms with Gasteiger partial charge in [0, 0.05) is 18.9 Å². The van der Waals surface area contributed by atoms with Gasteiger partial charge in [0.25, 0.3) is 5.91 Å². The molecule has 3 heterocycles. The normalized spacial score (nSPS) is 13.8. The van der Waals surface area contributed by atoms with Crippen molar-refractivity contribution >= 4 is 30.7 Å². The minimum atomic E-state index is -0.219. The number of aromatic nitrogens is 5. The van der Waals surface area contributed by atoms with E-state index in [-0.39, 0.29) is 30.7 Å². The molecule has 0 aliphatic carbocycles. The van der Waals surface area contributed by atoms with Crippen molar-refractivity contribution in [3.8, 4) is 0 Å². The summed E-state index contributed by atoms with van der Waals surface area (Å²) in [5.41, 5.74) is 1.69. The summed E-state index contributed by atoms with van der Waals surface area (Å²) in [5, 5.41) is 14.4. The van der Waals surface area contributed by atoms with Gasteiger partial charge in [0.2, 0.25) is 0 Å². The fourth-order valence-electron chi connectivity index (χ4n) is 3.69. The van der Waals surface area contributed by atoms with E-state index in [1.54, 1.807) is 12.4 Å². The Morgan fingerprint density at radius 2 is 1.94 bits per heavy atom. The van der Waals surface area contributed by atoms with E-state index in [0.717, 1.165) is 51.1 Å². The van der Waals surface area contributed by atoms with Gasteiger partial charge in [-0.2, -0.15) is 0 Å². The van der Waals surface area contributed by atoms with Crippen LogP contribution in [0.4, 0.5) is 0 Å². The Bertz CT molecular complexity index is 923. The van der Waals surface area contributed by atoms with Gasteiger partial charge in [-0.05, 0) is 44.3 Å². The van der Waals surface area contributed by atoms with Gasteiger partial charge in [-0.25, -0.2) is 9.67 Å². The summed E-state index contributed by atoms with van der Waals surface area (Å²) in [7, 11) is 0. The lowest BCUT2D eigenvalue weighted by Crippen LogP contribution is -2.29. The van der Waals surface area contributed by atoms with E-state index in [0.29, 0.717) is 18.3 Å². The van der Waals surface area contributed by atoms with Crippen LogP contribution in [0.5, 0.6) is 0 Å². The fourth-order valence-corrected chi connectivity index (χ4v) is 3.69. The summed E-state index contributed by atoms with van der Waals surface area (Å²) < 4.78 is 3.91. The highest BCUT2D eigenvalue weighted by atomic mass is 35.5. The highest BCUT2D eigenvalue weighted by Crippen LogP contribution is 2.17. The SMILES string of the molecule is Cl.Cl.O=C(NCc1nccn1CCCc1ccccc1)c1cn(C2CCNCC2)nn1. The number of imidazole rings is 1. The smallest absolute Gasteiger partial charge is 0.273 e. The molecule has 1 amide bonds. The monoisotopic (exact) mass is 465 g/mol. The predicted octanol–water partition coefficient (Wildman–Crippen LogP) is 2.81. The van der Waals surface area contributed by atoms with Gasteiger partial charge < -0.3 is 15.2 Å². The molecule has 1 aliphatic heterocycles. The molecule has 1 aromatic carbocycles. The van der Waals surface area contributed by atoms with Crippen molar-refractivity contribution in [3.05, 3.63) is 66.0 Å². The number of rotatable bonds is 8. The molecule has 3 aromatic rings. The molecule has 0 radical (unpaired) electrons. The van der Waals surface area contributed by atoms with Crippen LogP contribution in [0.3, 0.4) is 0 Å². The lowest BCUT2D eigenvalue weighted by Gasteiger charge is -2.22.